The highest BCUT2D eigenvalue weighted by Gasteiger charge is 2.37. The van der Waals surface area contributed by atoms with Gasteiger partial charge in [-0.2, -0.15) is 0 Å². The molecule has 0 aromatic heterocycles. The maximum Gasteiger partial charge on any atom is 0.252 e. The van der Waals surface area contributed by atoms with E-state index in [1.54, 1.807) is 0 Å². The average molecular weight is 293 g/mol. The van der Waals surface area contributed by atoms with E-state index in [1.807, 2.05) is 11.8 Å². The fraction of sp³-hybridized carbons (Fsp3) is 0.923. The van der Waals surface area contributed by atoms with Gasteiger partial charge in [0.25, 0.3) is 5.91 Å². The fourth-order valence-electron chi connectivity index (χ4n) is 2.70. The van der Waals surface area contributed by atoms with Crippen LogP contribution in [0.4, 0.5) is 0 Å². The van der Waals surface area contributed by atoms with Gasteiger partial charge in [0.15, 0.2) is 0 Å². The Morgan fingerprint density at radius 2 is 2.16 bits per heavy atom. The molecule has 1 amide bonds. The number of hydrogen-bond donors (Lipinski definition) is 1. The first-order valence-electron chi connectivity index (χ1n) is 6.93. The largest absolute Gasteiger partial charge is 0.375 e. The van der Waals surface area contributed by atoms with Crippen molar-refractivity contribution >= 4 is 18.3 Å². The van der Waals surface area contributed by atoms with Crippen molar-refractivity contribution in [1.82, 2.24) is 4.90 Å². The molecule has 112 valence electrons. The molecule has 0 spiro atoms. The van der Waals surface area contributed by atoms with Crippen LogP contribution in [-0.2, 0) is 14.3 Å². The third-order valence-electron chi connectivity index (χ3n) is 3.87. The van der Waals surface area contributed by atoms with Gasteiger partial charge in [-0.05, 0) is 26.2 Å². The van der Waals surface area contributed by atoms with E-state index in [2.05, 4.69) is 6.92 Å². The Hall–Kier alpha value is -0.360. The molecule has 0 bridgehead atoms. The Bertz CT molecular complexity index is 304. The lowest BCUT2D eigenvalue weighted by Crippen LogP contribution is -2.54. The van der Waals surface area contributed by atoms with Gasteiger partial charge in [-0.15, -0.1) is 12.4 Å². The quantitative estimate of drug-likeness (QED) is 0.841. The van der Waals surface area contributed by atoms with Gasteiger partial charge in [-0.25, -0.2) is 0 Å². The van der Waals surface area contributed by atoms with Crippen molar-refractivity contribution in [2.75, 3.05) is 19.7 Å². The van der Waals surface area contributed by atoms with Crippen molar-refractivity contribution in [2.24, 2.45) is 5.73 Å². The average Bonchev–Trinajstić information content (AvgIpc) is 2.86. The Labute approximate surface area is 121 Å². The lowest BCUT2D eigenvalue weighted by Gasteiger charge is -2.39. The van der Waals surface area contributed by atoms with Crippen molar-refractivity contribution < 1.29 is 14.3 Å². The molecule has 5 nitrogen and oxygen atoms in total. The summed E-state index contributed by atoms with van der Waals surface area (Å²) in [4.78, 5) is 14.4. The number of nitrogens with two attached hydrogens (primary N) is 1. The number of rotatable bonds is 3. The zero-order chi connectivity index (χ0) is 13.1. The van der Waals surface area contributed by atoms with E-state index in [1.165, 1.54) is 0 Å². The molecule has 2 rings (SSSR count). The molecular weight excluding hydrogens is 268 g/mol. The predicted molar refractivity (Wildman–Crippen MR) is 75.4 cm³/mol. The smallest absolute Gasteiger partial charge is 0.252 e. The van der Waals surface area contributed by atoms with Crippen molar-refractivity contribution in [3.8, 4) is 0 Å². The number of amides is 1. The summed E-state index contributed by atoms with van der Waals surface area (Å²) >= 11 is 0. The molecule has 2 aliphatic heterocycles. The first-order valence-corrected chi connectivity index (χ1v) is 6.93. The predicted octanol–water partition coefficient (Wildman–Crippen LogP) is 0.940. The van der Waals surface area contributed by atoms with Crippen molar-refractivity contribution in [3.63, 3.8) is 0 Å². The number of morpholine rings is 1. The molecule has 2 fully saturated rings. The summed E-state index contributed by atoms with van der Waals surface area (Å²) in [5.74, 6) is 0.118. The highest BCUT2D eigenvalue weighted by molar-refractivity contribution is 5.85. The summed E-state index contributed by atoms with van der Waals surface area (Å²) in [6.07, 6.45) is 2.48. The summed E-state index contributed by atoms with van der Waals surface area (Å²) in [6, 6.07) is 0.189. The van der Waals surface area contributed by atoms with E-state index >= 15 is 0 Å². The van der Waals surface area contributed by atoms with E-state index in [0.717, 1.165) is 19.3 Å². The van der Waals surface area contributed by atoms with Gasteiger partial charge in [0.1, 0.15) is 6.10 Å². The lowest BCUT2D eigenvalue weighted by atomic mass is 10.1. The van der Waals surface area contributed by atoms with E-state index < -0.39 is 0 Å². The topological polar surface area (TPSA) is 64.8 Å². The highest BCUT2D eigenvalue weighted by Crippen LogP contribution is 2.24. The molecule has 0 aliphatic carbocycles. The third-order valence-corrected chi connectivity index (χ3v) is 3.87. The van der Waals surface area contributed by atoms with Gasteiger partial charge in [0.2, 0.25) is 0 Å². The summed E-state index contributed by atoms with van der Waals surface area (Å²) in [5.41, 5.74) is 5.58. The van der Waals surface area contributed by atoms with E-state index in [-0.39, 0.29) is 42.7 Å². The van der Waals surface area contributed by atoms with Crippen LogP contribution in [-0.4, -0.2) is 54.9 Å². The van der Waals surface area contributed by atoms with Crippen LogP contribution in [0.2, 0.25) is 0 Å². The Morgan fingerprint density at radius 1 is 1.42 bits per heavy atom. The first kappa shape index (κ1) is 16.7. The molecule has 4 atom stereocenters. The molecule has 2 saturated heterocycles. The van der Waals surface area contributed by atoms with Crippen LogP contribution in [0.1, 0.15) is 33.1 Å². The monoisotopic (exact) mass is 292 g/mol. The Balaban J connectivity index is 0.00000180. The molecule has 2 N–H and O–H groups in total. The van der Waals surface area contributed by atoms with E-state index in [9.17, 15) is 4.79 Å². The number of carbonyl (C=O) groups is 1. The second kappa shape index (κ2) is 7.43. The normalized spacial score (nSPS) is 35.0. The number of ether oxygens (including phenoxy) is 2. The molecule has 0 radical (unpaired) electrons. The minimum Gasteiger partial charge on any atom is -0.375 e. The molecule has 0 saturated carbocycles. The maximum absolute atomic E-state index is 12.5. The van der Waals surface area contributed by atoms with Crippen LogP contribution in [0.3, 0.4) is 0 Å². The molecule has 2 unspecified atom stereocenters. The van der Waals surface area contributed by atoms with Gasteiger partial charge < -0.3 is 20.1 Å². The first-order chi connectivity index (χ1) is 8.65. The maximum atomic E-state index is 12.5. The zero-order valence-corrected chi connectivity index (χ0v) is 12.5. The third kappa shape index (κ3) is 3.81. The molecule has 19 heavy (non-hydrogen) atoms. The Kier molecular flexibility index (Phi) is 6.53. The van der Waals surface area contributed by atoms with Crippen LogP contribution in [0.15, 0.2) is 0 Å². The molecular formula is C13H25ClN2O3. The van der Waals surface area contributed by atoms with Crippen molar-refractivity contribution in [2.45, 2.75) is 57.5 Å². The summed E-state index contributed by atoms with van der Waals surface area (Å²) in [5, 5.41) is 0. The van der Waals surface area contributed by atoms with Crippen LogP contribution in [0, 0.1) is 0 Å². The molecule has 2 heterocycles. The minimum atomic E-state index is -0.294. The van der Waals surface area contributed by atoms with Gasteiger partial charge in [0.05, 0.1) is 24.9 Å². The number of hydrogen-bond acceptors (Lipinski definition) is 4. The van der Waals surface area contributed by atoms with Crippen molar-refractivity contribution in [1.29, 1.82) is 0 Å². The fourth-order valence-corrected chi connectivity index (χ4v) is 2.70. The molecule has 2 aliphatic rings. The lowest BCUT2D eigenvalue weighted by molar-refractivity contribution is -0.155. The molecule has 0 aromatic rings. The second-order valence-corrected chi connectivity index (χ2v) is 5.26. The number of halogens is 1. The second-order valence-electron chi connectivity index (χ2n) is 5.26. The summed E-state index contributed by atoms with van der Waals surface area (Å²) < 4.78 is 11.3. The summed E-state index contributed by atoms with van der Waals surface area (Å²) in [7, 11) is 0. The molecule has 6 heteroatoms. The van der Waals surface area contributed by atoms with Crippen molar-refractivity contribution in [3.05, 3.63) is 0 Å². The minimum absolute atomic E-state index is 0. The zero-order valence-electron chi connectivity index (χ0n) is 11.7. The SMILES string of the molecule is CCC1COC(C)CN1C(=O)[C@@H]1CC[C@H](CN)O1.Cl. The molecule has 0 aromatic carbocycles. The van der Waals surface area contributed by atoms with E-state index in [0.29, 0.717) is 19.7 Å². The van der Waals surface area contributed by atoms with Crippen LogP contribution < -0.4 is 5.73 Å². The summed E-state index contributed by atoms with van der Waals surface area (Å²) in [6.45, 7) is 5.90. The van der Waals surface area contributed by atoms with E-state index in [4.69, 9.17) is 15.2 Å². The van der Waals surface area contributed by atoms with Gasteiger partial charge in [0, 0.05) is 13.1 Å². The van der Waals surface area contributed by atoms with Gasteiger partial charge in [-0.1, -0.05) is 6.92 Å². The van der Waals surface area contributed by atoms with Crippen LogP contribution in [0.5, 0.6) is 0 Å². The van der Waals surface area contributed by atoms with Crippen LogP contribution in [0.25, 0.3) is 0 Å². The van der Waals surface area contributed by atoms with Gasteiger partial charge >= 0.3 is 0 Å². The standard InChI is InChI=1S/C13H24N2O3.ClH/c1-3-10-8-17-9(2)7-15(10)13(16)12-5-4-11(6-14)18-12;/h9-12H,3-8,14H2,1-2H3;1H/t9?,10?,11-,12+;/m1./s1. The number of carbonyl (C=O) groups excluding carboxylic acids is 1. The number of nitrogens with zero attached hydrogens (tertiary/aromatic N) is 1. The Morgan fingerprint density at radius 3 is 2.74 bits per heavy atom. The highest BCUT2D eigenvalue weighted by atomic mass is 35.5. The van der Waals surface area contributed by atoms with Crippen LogP contribution >= 0.6 is 12.4 Å². The van der Waals surface area contributed by atoms with Gasteiger partial charge in [-0.3, -0.25) is 4.79 Å².